The van der Waals surface area contributed by atoms with Gasteiger partial charge in [0.25, 0.3) is 0 Å². The number of aromatic nitrogens is 4. The van der Waals surface area contributed by atoms with Gasteiger partial charge in [0.2, 0.25) is 22.8 Å². The second kappa shape index (κ2) is 9.58. The van der Waals surface area contributed by atoms with Crippen LogP contribution in [0.2, 0.25) is 0 Å². The van der Waals surface area contributed by atoms with E-state index in [1.807, 2.05) is 6.07 Å². The summed E-state index contributed by atoms with van der Waals surface area (Å²) < 4.78 is 44.5. The number of nitrogens with zero attached hydrogens (tertiary/aromatic N) is 4. The molecule has 170 valence electrons. The van der Waals surface area contributed by atoms with E-state index in [1.165, 1.54) is 42.2 Å². The van der Waals surface area contributed by atoms with Crippen molar-refractivity contribution in [3.8, 4) is 11.4 Å². The first kappa shape index (κ1) is 22.7. The van der Waals surface area contributed by atoms with Crippen LogP contribution in [0.25, 0.3) is 11.4 Å². The van der Waals surface area contributed by atoms with Crippen molar-refractivity contribution in [1.29, 1.82) is 0 Å². The number of benzene rings is 2. The summed E-state index contributed by atoms with van der Waals surface area (Å²) in [5.74, 6) is 0.438. The lowest BCUT2D eigenvalue weighted by molar-refractivity contribution is -0.137. The van der Waals surface area contributed by atoms with Crippen LogP contribution >= 0.6 is 23.1 Å². The zero-order chi connectivity index (χ0) is 23.4. The number of hydrogen-bond acceptors (Lipinski definition) is 9. The first-order chi connectivity index (χ1) is 15.8. The van der Waals surface area contributed by atoms with Gasteiger partial charge < -0.3 is 15.2 Å². The Kier molecular flexibility index (Phi) is 6.60. The molecule has 33 heavy (non-hydrogen) atoms. The normalized spacial score (nSPS) is 11.4. The Bertz CT molecular complexity index is 1270. The van der Waals surface area contributed by atoms with Crippen LogP contribution in [0.15, 0.2) is 57.4 Å². The lowest BCUT2D eigenvalue weighted by Crippen LogP contribution is -2.05. The van der Waals surface area contributed by atoms with Gasteiger partial charge >= 0.3 is 6.18 Å². The monoisotopic (exact) mass is 492 g/mol. The average Bonchev–Trinajstić information content (AvgIpc) is 3.41. The maximum absolute atomic E-state index is 12.9. The van der Waals surface area contributed by atoms with E-state index in [1.54, 1.807) is 18.2 Å². The van der Waals surface area contributed by atoms with Gasteiger partial charge in [-0.25, -0.2) is 0 Å². The summed E-state index contributed by atoms with van der Waals surface area (Å²) in [5.41, 5.74) is 0.821. The molecule has 2 aromatic carbocycles. The number of rotatable bonds is 7. The van der Waals surface area contributed by atoms with E-state index in [0.717, 1.165) is 17.8 Å². The van der Waals surface area contributed by atoms with Crippen LogP contribution < -0.4 is 10.6 Å². The SMILES string of the molecule is CC(=O)Nc1cccc(Nc2nnc(SCc3nc(-c4cccc(C(F)(F)F)c4)no3)s2)c1. The number of thioether (sulfide) groups is 1. The molecule has 2 N–H and O–H groups in total. The van der Waals surface area contributed by atoms with Gasteiger partial charge in [0.05, 0.1) is 11.3 Å². The Morgan fingerprint density at radius 1 is 1.12 bits per heavy atom. The van der Waals surface area contributed by atoms with Gasteiger partial charge in [0.1, 0.15) is 0 Å². The maximum atomic E-state index is 12.9. The number of anilines is 3. The molecule has 0 aliphatic heterocycles. The van der Waals surface area contributed by atoms with Gasteiger partial charge in [0, 0.05) is 23.9 Å². The molecule has 8 nitrogen and oxygen atoms in total. The standard InChI is InChI=1S/C20H15F3N6O2S2/c1-11(30)24-14-6-3-7-15(9-14)25-18-27-28-19(33-18)32-10-16-26-17(29-31-16)12-4-2-5-13(8-12)20(21,22)23/h2-9H,10H2,1H3,(H,24,30)(H,25,27). The van der Waals surface area contributed by atoms with Crippen LogP contribution in [0.3, 0.4) is 0 Å². The van der Waals surface area contributed by atoms with Gasteiger partial charge in [-0.1, -0.05) is 46.5 Å². The third kappa shape index (κ3) is 6.08. The molecular weight excluding hydrogens is 477 g/mol. The molecule has 0 saturated carbocycles. The zero-order valence-corrected chi connectivity index (χ0v) is 18.5. The van der Waals surface area contributed by atoms with Gasteiger partial charge in [-0.2, -0.15) is 18.2 Å². The Morgan fingerprint density at radius 3 is 2.70 bits per heavy atom. The Labute approximate surface area is 193 Å². The van der Waals surface area contributed by atoms with Crippen LogP contribution in [0.5, 0.6) is 0 Å². The van der Waals surface area contributed by atoms with Crippen LogP contribution in [-0.4, -0.2) is 26.2 Å². The Balaban J connectivity index is 1.37. The molecule has 2 aromatic heterocycles. The molecule has 0 spiro atoms. The Hall–Kier alpha value is -3.45. The summed E-state index contributed by atoms with van der Waals surface area (Å²) in [6.07, 6.45) is -4.45. The lowest BCUT2D eigenvalue weighted by Gasteiger charge is -2.06. The fraction of sp³-hybridized carbons (Fsp3) is 0.150. The highest BCUT2D eigenvalue weighted by atomic mass is 32.2. The number of hydrogen-bond donors (Lipinski definition) is 2. The van der Waals surface area contributed by atoms with Crippen molar-refractivity contribution >= 4 is 45.5 Å². The molecule has 0 unspecified atom stereocenters. The van der Waals surface area contributed by atoms with Crippen molar-refractivity contribution in [2.75, 3.05) is 10.6 Å². The van der Waals surface area contributed by atoms with E-state index in [9.17, 15) is 18.0 Å². The minimum atomic E-state index is -4.45. The molecule has 4 rings (SSSR count). The van der Waals surface area contributed by atoms with Crippen LogP contribution in [0, 0.1) is 0 Å². The second-order valence-electron chi connectivity index (χ2n) is 6.64. The summed E-state index contributed by atoms with van der Waals surface area (Å²) in [6, 6.07) is 11.9. The third-order valence-electron chi connectivity index (χ3n) is 4.08. The molecule has 13 heteroatoms. The number of nitrogens with one attached hydrogen (secondary N) is 2. The summed E-state index contributed by atoms with van der Waals surface area (Å²) in [5, 5.41) is 18.3. The number of carbonyl (C=O) groups is 1. The molecule has 0 saturated heterocycles. The summed E-state index contributed by atoms with van der Waals surface area (Å²) in [4.78, 5) is 15.4. The quantitative estimate of drug-likeness (QED) is 0.321. The van der Waals surface area contributed by atoms with E-state index >= 15 is 0 Å². The van der Waals surface area contributed by atoms with Crippen molar-refractivity contribution in [3.63, 3.8) is 0 Å². The smallest absolute Gasteiger partial charge is 0.338 e. The first-order valence-corrected chi connectivity index (χ1v) is 11.2. The molecule has 0 aliphatic rings. The first-order valence-electron chi connectivity index (χ1n) is 9.37. The number of carbonyl (C=O) groups excluding carboxylic acids is 1. The molecule has 4 aromatic rings. The van der Waals surface area contributed by atoms with Crippen molar-refractivity contribution < 1.29 is 22.5 Å². The third-order valence-corrected chi connectivity index (χ3v) is 6.03. The minimum absolute atomic E-state index is 0.0790. The van der Waals surface area contributed by atoms with Crippen molar-refractivity contribution in [1.82, 2.24) is 20.3 Å². The second-order valence-corrected chi connectivity index (χ2v) is 8.84. The zero-order valence-electron chi connectivity index (χ0n) is 16.9. The lowest BCUT2D eigenvalue weighted by atomic mass is 10.1. The van der Waals surface area contributed by atoms with E-state index in [0.29, 0.717) is 15.2 Å². The predicted octanol–water partition coefficient (Wildman–Crippen LogP) is 5.60. The molecule has 0 bridgehead atoms. The van der Waals surface area contributed by atoms with E-state index in [2.05, 4.69) is 31.0 Å². The van der Waals surface area contributed by atoms with Gasteiger partial charge in [-0.15, -0.1) is 10.2 Å². The molecule has 1 amide bonds. The number of halogens is 3. The van der Waals surface area contributed by atoms with Gasteiger partial charge in [-0.3, -0.25) is 4.79 Å². The van der Waals surface area contributed by atoms with E-state index in [-0.39, 0.29) is 28.9 Å². The molecule has 0 fully saturated rings. The highest BCUT2D eigenvalue weighted by Crippen LogP contribution is 2.33. The van der Waals surface area contributed by atoms with Crippen molar-refractivity contribution in [2.45, 2.75) is 23.2 Å². The fourth-order valence-corrected chi connectivity index (χ4v) is 4.32. The predicted molar refractivity (Wildman–Crippen MR) is 118 cm³/mol. The summed E-state index contributed by atoms with van der Waals surface area (Å²) in [7, 11) is 0. The molecular formula is C20H15F3N6O2S2. The van der Waals surface area contributed by atoms with Gasteiger partial charge in [-0.05, 0) is 30.3 Å². The molecule has 0 atom stereocenters. The van der Waals surface area contributed by atoms with Crippen LogP contribution in [-0.2, 0) is 16.7 Å². The number of alkyl halides is 3. The highest BCUT2D eigenvalue weighted by Gasteiger charge is 2.30. The Morgan fingerprint density at radius 2 is 1.91 bits per heavy atom. The van der Waals surface area contributed by atoms with E-state index < -0.39 is 11.7 Å². The van der Waals surface area contributed by atoms with Crippen molar-refractivity contribution in [3.05, 3.63) is 60.0 Å². The maximum Gasteiger partial charge on any atom is 0.416 e. The topological polar surface area (TPSA) is 106 Å². The fourth-order valence-electron chi connectivity index (χ4n) is 2.71. The van der Waals surface area contributed by atoms with Crippen LogP contribution in [0.4, 0.5) is 29.7 Å². The van der Waals surface area contributed by atoms with Crippen LogP contribution in [0.1, 0.15) is 18.4 Å². The van der Waals surface area contributed by atoms with Gasteiger partial charge in [0.15, 0.2) is 4.34 Å². The molecule has 2 heterocycles. The van der Waals surface area contributed by atoms with E-state index in [4.69, 9.17) is 4.52 Å². The summed E-state index contributed by atoms with van der Waals surface area (Å²) in [6.45, 7) is 1.43. The van der Waals surface area contributed by atoms with Crippen molar-refractivity contribution in [2.24, 2.45) is 0 Å². The summed E-state index contributed by atoms with van der Waals surface area (Å²) >= 11 is 2.61. The minimum Gasteiger partial charge on any atom is -0.338 e. The average molecular weight is 493 g/mol. The molecule has 0 radical (unpaired) electrons. The highest BCUT2D eigenvalue weighted by molar-refractivity contribution is 8.00. The molecule has 0 aliphatic carbocycles. The number of amides is 1. The largest absolute Gasteiger partial charge is 0.416 e.